The zero-order valence-electron chi connectivity index (χ0n) is 13.3. The van der Waals surface area contributed by atoms with Crippen molar-refractivity contribution in [1.29, 1.82) is 0 Å². The summed E-state index contributed by atoms with van der Waals surface area (Å²) in [5.74, 6) is -0.317. The summed E-state index contributed by atoms with van der Waals surface area (Å²) in [5, 5.41) is 0.910. The summed E-state index contributed by atoms with van der Waals surface area (Å²) >= 11 is 1.47. The molecule has 0 saturated heterocycles. The van der Waals surface area contributed by atoms with E-state index in [2.05, 4.69) is 4.98 Å². The molecular weight excluding hydrogens is 345 g/mol. The molecule has 6 heteroatoms. The topological polar surface area (TPSA) is 47.0 Å². The first kappa shape index (κ1) is 16.8. The van der Waals surface area contributed by atoms with Crippen molar-refractivity contribution < 1.29 is 12.8 Å². The highest BCUT2D eigenvalue weighted by Crippen LogP contribution is 2.39. The Morgan fingerprint density at radius 3 is 2.38 bits per heavy atom. The number of aryl methyl sites for hydroxylation is 1. The van der Waals surface area contributed by atoms with Crippen molar-refractivity contribution in [3.05, 3.63) is 59.4 Å². The fourth-order valence-electron chi connectivity index (χ4n) is 2.48. The lowest BCUT2D eigenvalue weighted by Crippen LogP contribution is -1.99. The van der Waals surface area contributed by atoms with E-state index in [1.807, 2.05) is 13.0 Å². The van der Waals surface area contributed by atoms with Crippen molar-refractivity contribution in [1.82, 2.24) is 4.98 Å². The molecule has 0 spiro atoms. The molecule has 3 rings (SSSR count). The molecule has 0 amide bonds. The lowest BCUT2D eigenvalue weighted by Gasteiger charge is -2.08. The lowest BCUT2D eigenvalue weighted by molar-refractivity contribution is 0.602. The van der Waals surface area contributed by atoms with Crippen molar-refractivity contribution in [2.24, 2.45) is 0 Å². The van der Waals surface area contributed by atoms with Gasteiger partial charge in [0.25, 0.3) is 0 Å². The second-order valence-corrected chi connectivity index (χ2v) is 8.48. The highest BCUT2D eigenvalue weighted by molar-refractivity contribution is 7.90. The highest BCUT2D eigenvalue weighted by Gasteiger charge is 2.20. The third kappa shape index (κ3) is 3.25. The number of thiazole rings is 1. The Kier molecular flexibility index (Phi) is 4.51. The van der Waals surface area contributed by atoms with Crippen molar-refractivity contribution >= 4 is 21.2 Å². The molecule has 3 nitrogen and oxygen atoms in total. The molecule has 1 aromatic heterocycles. The van der Waals surface area contributed by atoms with Crippen LogP contribution in [0, 0.1) is 5.82 Å². The van der Waals surface area contributed by atoms with Gasteiger partial charge in [-0.05, 0) is 36.8 Å². The largest absolute Gasteiger partial charge is 0.241 e. The fraction of sp³-hybridized carbons (Fsp3) is 0.167. The van der Waals surface area contributed by atoms with Crippen LogP contribution in [-0.2, 0) is 16.3 Å². The summed E-state index contributed by atoms with van der Waals surface area (Å²) in [4.78, 5) is 5.70. The Morgan fingerprint density at radius 1 is 1.08 bits per heavy atom. The van der Waals surface area contributed by atoms with Crippen LogP contribution in [0.15, 0.2) is 53.4 Å². The van der Waals surface area contributed by atoms with E-state index in [9.17, 15) is 12.8 Å². The standard InChI is InChI=1S/C18H16FNO2S2/c1-3-16-20-17(12-8-10-13(19)11-9-12)18(23-16)14-6-4-5-7-15(14)24(2,21)22/h4-11H,3H2,1-2H3. The molecule has 0 fully saturated rings. The number of halogens is 1. The first-order valence-corrected chi connectivity index (χ1v) is 10.2. The number of hydrogen-bond donors (Lipinski definition) is 0. The van der Waals surface area contributed by atoms with Gasteiger partial charge in [-0.25, -0.2) is 17.8 Å². The minimum absolute atomic E-state index is 0.277. The number of aromatic nitrogens is 1. The van der Waals surface area contributed by atoms with Crippen LogP contribution in [0.3, 0.4) is 0 Å². The molecule has 0 saturated carbocycles. The van der Waals surface area contributed by atoms with Gasteiger partial charge in [-0.15, -0.1) is 11.3 Å². The molecule has 124 valence electrons. The van der Waals surface area contributed by atoms with Gasteiger partial charge in [-0.3, -0.25) is 0 Å². The quantitative estimate of drug-likeness (QED) is 0.683. The maximum absolute atomic E-state index is 13.2. The van der Waals surface area contributed by atoms with Crippen molar-refractivity contribution in [2.75, 3.05) is 6.26 Å². The molecule has 0 N–H and O–H groups in total. The van der Waals surface area contributed by atoms with E-state index in [1.54, 1.807) is 30.3 Å². The van der Waals surface area contributed by atoms with Gasteiger partial charge in [0.15, 0.2) is 9.84 Å². The van der Waals surface area contributed by atoms with E-state index < -0.39 is 9.84 Å². The summed E-state index contributed by atoms with van der Waals surface area (Å²) in [7, 11) is -3.37. The first-order valence-electron chi connectivity index (χ1n) is 7.45. The van der Waals surface area contributed by atoms with E-state index in [-0.39, 0.29) is 10.7 Å². The highest BCUT2D eigenvalue weighted by atomic mass is 32.2. The van der Waals surface area contributed by atoms with Gasteiger partial charge in [-0.2, -0.15) is 0 Å². The molecule has 1 heterocycles. The minimum Gasteiger partial charge on any atom is -0.241 e. The second kappa shape index (κ2) is 6.45. The van der Waals surface area contributed by atoms with Crippen LogP contribution in [0.1, 0.15) is 11.9 Å². The van der Waals surface area contributed by atoms with Gasteiger partial charge < -0.3 is 0 Å². The molecule has 24 heavy (non-hydrogen) atoms. The normalized spacial score (nSPS) is 11.6. The fourth-order valence-corrected chi connectivity index (χ4v) is 4.50. The number of sulfone groups is 1. The Balaban J connectivity index is 2.26. The Hall–Kier alpha value is -2.05. The number of rotatable bonds is 4. The molecule has 0 aliphatic rings. The van der Waals surface area contributed by atoms with Gasteiger partial charge in [0.1, 0.15) is 5.82 Å². The smallest absolute Gasteiger partial charge is 0.176 e. The Bertz CT molecular complexity index is 977. The van der Waals surface area contributed by atoms with Crippen LogP contribution < -0.4 is 0 Å². The maximum atomic E-state index is 13.2. The number of benzene rings is 2. The van der Waals surface area contributed by atoms with Crippen LogP contribution in [0.2, 0.25) is 0 Å². The average Bonchev–Trinajstić information content (AvgIpc) is 2.99. The van der Waals surface area contributed by atoms with E-state index in [0.29, 0.717) is 11.3 Å². The predicted molar refractivity (Wildman–Crippen MR) is 95.4 cm³/mol. The van der Waals surface area contributed by atoms with Gasteiger partial charge in [-0.1, -0.05) is 25.1 Å². The molecule has 0 atom stereocenters. The molecule has 0 unspecified atom stereocenters. The lowest BCUT2D eigenvalue weighted by atomic mass is 10.1. The summed E-state index contributed by atoms with van der Waals surface area (Å²) in [5.41, 5.74) is 2.09. The summed E-state index contributed by atoms with van der Waals surface area (Å²) < 4.78 is 37.5. The van der Waals surface area contributed by atoms with Crippen molar-refractivity contribution in [3.63, 3.8) is 0 Å². The zero-order chi connectivity index (χ0) is 17.3. The number of hydrogen-bond acceptors (Lipinski definition) is 4. The molecule has 0 radical (unpaired) electrons. The van der Waals surface area contributed by atoms with Crippen molar-refractivity contribution in [2.45, 2.75) is 18.2 Å². The minimum atomic E-state index is -3.37. The van der Waals surface area contributed by atoms with Crippen LogP contribution >= 0.6 is 11.3 Å². The SMILES string of the molecule is CCc1nc(-c2ccc(F)cc2)c(-c2ccccc2S(C)(=O)=O)s1. The third-order valence-electron chi connectivity index (χ3n) is 3.62. The van der Waals surface area contributed by atoms with Crippen molar-refractivity contribution in [3.8, 4) is 21.7 Å². The van der Waals surface area contributed by atoms with Crippen LogP contribution in [0.5, 0.6) is 0 Å². The summed E-state index contributed by atoms with van der Waals surface area (Å²) in [6.45, 7) is 2.00. The van der Waals surface area contributed by atoms with Gasteiger partial charge in [0, 0.05) is 17.4 Å². The molecule has 0 aliphatic carbocycles. The third-order valence-corrected chi connectivity index (χ3v) is 6.01. The first-order chi connectivity index (χ1) is 11.4. The maximum Gasteiger partial charge on any atom is 0.176 e. The monoisotopic (exact) mass is 361 g/mol. The molecule has 0 bridgehead atoms. The Morgan fingerprint density at radius 2 is 1.75 bits per heavy atom. The summed E-state index contributed by atoms with van der Waals surface area (Å²) in [6, 6.07) is 13.0. The van der Waals surface area contributed by atoms with E-state index in [1.165, 1.54) is 29.7 Å². The molecular formula is C18H16FNO2S2. The predicted octanol–water partition coefficient (Wildman–Crippen LogP) is 4.58. The van der Waals surface area contributed by atoms with Crippen LogP contribution in [-0.4, -0.2) is 19.7 Å². The van der Waals surface area contributed by atoms with Gasteiger partial charge in [0.2, 0.25) is 0 Å². The number of nitrogens with zero attached hydrogens (tertiary/aromatic N) is 1. The van der Waals surface area contributed by atoms with E-state index >= 15 is 0 Å². The van der Waals surface area contributed by atoms with Crippen LogP contribution in [0.4, 0.5) is 4.39 Å². The molecule has 2 aromatic carbocycles. The summed E-state index contributed by atoms with van der Waals surface area (Å²) in [6.07, 6.45) is 1.95. The van der Waals surface area contributed by atoms with E-state index in [0.717, 1.165) is 21.9 Å². The second-order valence-electron chi connectivity index (χ2n) is 5.41. The van der Waals surface area contributed by atoms with Crippen LogP contribution in [0.25, 0.3) is 21.7 Å². The average molecular weight is 361 g/mol. The zero-order valence-corrected chi connectivity index (χ0v) is 14.9. The van der Waals surface area contributed by atoms with Gasteiger partial charge >= 0.3 is 0 Å². The molecule has 3 aromatic rings. The Labute approximate surface area is 144 Å². The van der Waals surface area contributed by atoms with E-state index in [4.69, 9.17) is 0 Å². The van der Waals surface area contributed by atoms with Gasteiger partial charge in [0.05, 0.1) is 20.5 Å². The molecule has 0 aliphatic heterocycles.